The molecule has 0 fully saturated rings. The monoisotopic (exact) mass is 580 g/mol. The molecule has 2 aromatic carbocycles. The minimum atomic E-state index is -0.523. The zero-order valence-electron chi connectivity index (χ0n) is 24.6. The standard InChI is InChI=1S/C38H32N2O4/c1-3-43-37(41)33-29-21-17-25(23-11-7-5-8-12-23)15-19-27(29)31(35(33)39)32-28-20-16-26(24-13-9-6-10-14-24)18-22-30(28)34(36(32)40)38(42)44-4-2/h5-22H,3-4,39-40H2,1-2H3. The predicted octanol–water partition coefficient (Wildman–Crippen LogP) is 8.42. The molecule has 218 valence electrons. The number of carbonyl (C=O) groups excluding carboxylic acids is 2. The summed E-state index contributed by atoms with van der Waals surface area (Å²) in [6.45, 7) is 3.90. The fraction of sp³-hybridized carbons (Fsp3) is 0.105. The van der Waals surface area contributed by atoms with Crippen molar-refractivity contribution < 1.29 is 19.1 Å². The van der Waals surface area contributed by atoms with Crippen LogP contribution in [-0.4, -0.2) is 25.2 Å². The van der Waals surface area contributed by atoms with E-state index in [0.717, 1.165) is 33.4 Å². The Morgan fingerprint density at radius 2 is 0.795 bits per heavy atom. The summed E-state index contributed by atoms with van der Waals surface area (Å²) in [5.74, 6) is -1.05. The molecule has 4 aliphatic rings. The van der Waals surface area contributed by atoms with Gasteiger partial charge in [0.2, 0.25) is 0 Å². The first-order valence-electron chi connectivity index (χ1n) is 14.6. The van der Waals surface area contributed by atoms with Crippen molar-refractivity contribution in [1.29, 1.82) is 0 Å². The molecule has 0 unspecified atom stereocenters. The Morgan fingerprint density at radius 1 is 0.477 bits per heavy atom. The highest BCUT2D eigenvalue weighted by atomic mass is 16.5. The Kier molecular flexibility index (Phi) is 7.73. The number of fused-ring (bicyclic) bond motifs is 2. The van der Waals surface area contributed by atoms with Gasteiger partial charge in [-0.2, -0.15) is 0 Å². The molecule has 0 saturated heterocycles. The molecule has 0 heterocycles. The summed E-state index contributed by atoms with van der Waals surface area (Å²) in [5, 5.41) is 0. The highest BCUT2D eigenvalue weighted by Crippen LogP contribution is 2.53. The summed E-state index contributed by atoms with van der Waals surface area (Å²) in [6, 6.07) is 35.6. The molecule has 0 saturated carbocycles. The largest absolute Gasteiger partial charge is 0.462 e. The van der Waals surface area contributed by atoms with Crippen LogP contribution in [0.4, 0.5) is 11.4 Å². The zero-order valence-corrected chi connectivity index (χ0v) is 24.6. The third kappa shape index (κ3) is 4.90. The SMILES string of the molecule is CCOC(=O)c1c2ccc(-c3ccccc3)ccc-2c(-c2c3ccc(-c4ccccc4)ccc-3c(C(=O)OCC)c2N)c1N. The third-order valence-electron chi connectivity index (χ3n) is 7.88. The minimum Gasteiger partial charge on any atom is -0.462 e. The summed E-state index contributed by atoms with van der Waals surface area (Å²) >= 11 is 0. The lowest BCUT2D eigenvalue weighted by atomic mass is 9.98. The van der Waals surface area contributed by atoms with E-state index in [2.05, 4.69) is 0 Å². The van der Waals surface area contributed by atoms with E-state index in [0.29, 0.717) is 22.3 Å². The summed E-state index contributed by atoms with van der Waals surface area (Å²) in [6.07, 6.45) is 0. The molecule has 2 aromatic rings. The quantitative estimate of drug-likeness (QED) is 0.184. The summed E-state index contributed by atoms with van der Waals surface area (Å²) in [7, 11) is 0. The van der Waals surface area contributed by atoms with E-state index in [4.69, 9.17) is 20.9 Å². The van der Waals surface area contributed by atoms with Gasteiger partial charge in [-0.3, -0.25) is 0 Å². The lowest BCUT2D eigenvalue weighted by Crippen LogP contribution is -2.07. The van der Waals surface area contributed by atoms with Gasteiger partial charge in [-0.05, 0) is 58.4 Å². The average Bonchev–Trinajstić information content (AvgIpc) is 3.23. The molecule has 0 aromatic heterocycles. The van der Waals surface area contributed by atoms with E-state index >= 15 is 0 Å². The van der Waals surface area contributed by atoms with Crippen LogP contribution in [0, 0.1) is 0 Å². The molecule has 6 heteroatoms. The van der Waals surface area contributed by atoms with Crippen LogP contribution in [0.15, 0.2) is 109 Å². The summed E-state index contributed by atoms with van der Waals surface area (Å²) in [4.78, 5) is 26.7. The first kappa shape index (κ1) is 28.5. The van der Waals surface area contributed by atoms with E-state index < -0.39 is 11.9 Å². The van der Waals surface area contributed by atoms with Crippen molar-refractivity contribution in [1.82, 2.24) is 0 Å². The molecule has 0 bridgehead atoms. The second kappa shape index (κ2) is 11.9. The minimum absolute atomic E-state index is 0.195. The van der Waals surface area contributed by atoms with E-state index in [1.54, 1.807) is 13.8 Å². The van der Waals surface area contributed by atoms with Gasteiger partial charge in [0.05, 0.1) is 35.7 Å². The number of benzene rings is 2. The smallest absolute Gasteiger partial charge is 0.340 e. The molecule has 0 spiro atoms. The zero-order chi connectivity index (χ0) is 30.8. The van der Waals surface area contributed by atoms with Gasteiger partial charge in [0, 0.05) is 11.1 Å². The van der Waals surface area contributed by atoms with Crippen LogP contribution in [0.2, 0.25) is 0 Å². The van der Waals surface area contributed by atoms with Crippen molar-refractivity contribution in [2.75, 3.05) is 24.7 Å². The fourth-order valence-electron chi connectivity index (χ4n) is 5.90. The third-order valence-corrected chi connectivity index (χ3v) is 7.88. The first-order valence-corrected chi connectivity index (χ1v) is 14.6. The molecule has 44 heavy (non-hydrogen) atoms. The highest BCUT2D eigenvalue weighted by Gasteiger charge is 2.34. The van der Waals surface area contributed by atoms with Crippen LogP contribution in [0.1, 0.15) is 34.6 Å². The van der Waals surface area contributed by atoms with Crippen LogP contribution in [0.5, 0.6) is 0 Å². The second-order valence-corrected chi connectivity index (χ2v) is 10.4. The fourth-order valence-corrected chi connectivity index (χ4v) is 5.90. The van der Waals surface area contributed by atoms with Crippen LogP contribution in [0.25, 0.3) is 55.6 Å². The molecule has 0 aliphatic heterocycles. The molecule has 6 rings (SSSR count). The number of rotatable bonds is 7. The van der Waals surface area contributed by atoms with Crippen LogP contribution >= 0.6 is 0 Å². The van der Waals surface area contributed by atoms with Gasteiger partial charge in [-0.15, -0.1) is 0 Å². The number of nitrogens with two attached hydrogens (primary N) is 2. The van der Waals surface area contributed by atoms with Gasteiger partial charge < -0.3 is 20.9 Å². The Hall–Kier alpha value is -5.62. The molecule has 4 aliphatic carbocycles. The number of hydrogen-bond donors (Lipinski definition) is 2. The van der Waals surface area contributed by atoms with Crippen LogP contribution in [0.3, 0.4) is 0 Å². The topological polar surface area (TPSA) is 105 Å². The lowest BCUT2D eigenvalue weighted by molar-refractivity contribution is 0.0519. The Morgan fingerprint density at radius 3 is 1.14 bits per heavy atom. The van der Waals surface area contributed by atoms with Gasteiger partial charge in [0.15, 0.2) is 0 Å². The van der Waals surface area contributed by atoms with Gasteiger partial charge in [-0.25, -0.2) is 9.59 Å². The van der Waals surface area contributed by atoms with E-state index in [1.165, 1.54) is 0 Å². The number of ether oxygens (including phenoxy) is 2. The summed E-state index contributed by atoms with van der Waals surface area (Å²) < 4.78 is 10.9. The van der Waals surface area contributed by atoms with Crippen molar-refractivity contribution in [3.8, 4) is 55.6 Å². The maximum Gasteiger partial charge on any atom is 0.340 e. The van der Waals surface area contributed by atoms with Crippen molar-refractivity contribution in [3.63, 3.8) is 0 Å². The Labute approximate surface area is 256 Å². The molecule has 0 radical (unpaired) electrons. The van der Waals surface area contributed by atoms with Gasteiger partial charge in [0.1, 0.15) is 0 Å². The molecular formula is C38H32N2O4. The van der Waals surface area contributed by atoms with Gasteiger partial charge >= 0.3 is 11.9 Å². The van der Waals surface area contributed by atoms with Crippen LogP contribution < -0.4 is 11.5 Å². The maximum atomic E-state index is 13.4. The first-order chi connectivity index (χ1) is 21.4. The normalized spacial score (nSPS) is 11.0. The maximum absolute atomic E-state index is 13.4. The molecule has 0 amide bonds. The number of nitrogen functional groups attached to an aromatic ring is 2. The molecule has 6 nitrogen and oxygen atoms in total. The second-order valence-electron chi connectivity index (χ2n) is 10.4. The van der Waals surface area contributed by atoms with Gasteiger partial charge in [0.25, 0.3) is 0 Å². The summed E-state index contributed by atoms with van der Waals surface area (Å²) in [5.41, 5.74) is 22.6. The average molecular weight is 581 g/mol. The number of esters is 2. The van der Waals surface area contributed by atoms with Crippen LogP contribution in [-0.2, 0) is 9.47 Å². The lowest BCUT2D eigenvalue weighted by Gasteiger charge is -2.07. The number of carbonyl (C=O) groups is 2. The van der Waals surface area contributed by atoms with Gasteiger partial charge in [-0.1, -0.05) is 109 Å². The highest BCUT2D eigenvalue weighted by molar-refractivity contribution is 6.20. The van der Waals surface area contributed by atoms with E-state index in [1.807, 2.05) is 109 Å². The van der Waals surface area contributed by atoms with Crippen molar-refractivity contribution in [2.45, 2.75) is 13.8 Å². The predicted molar refractivity (Wildman–Crippen MR) is 177 cm³/mol. The Balaban J connectivity index is 1.67. The number of anilines is 2. The number of hydrogen-bond acceptors (Lipinski definition) is 6. The van der Waals surface area contributed by atoms with E-state index in [9.17, 15) is 9.59 Å². The molecular weight excluding hydrogens is 548 g/mol. The van der Waals surface area contributed by atoms with Crippen molar-refractivity contribution in [3.05, 3.63) is 120 Å². The van der Waals surface area contributed by atoms with E-state index in [-0.39, 0.29) is 35.7 Å². The molecule has 0 atom stereocenters. The molecule has 4 N–H and O–H groups in total. The van der Waals surface area contributed by atoms with Crippen molar-refractivity contribution in [2.24, 2.45) is 0 Å². The Bertz CT molecular complexity index is 1790. The van der Waals surface area contributed by atoms with Crippen molar-refractivity contribution >= 4 is 23.3 Å².